The fraction of sp³-hybridized carbons (Fsp3) is 0.500. The molecule has 0 aliphatic carbocycles. The van der Waals surface area contributed by atoms with Gasteiger partial charge in [-0.15, -0.1) is 0 Å². The van der Waals surface area contributed by atoms with E-state index in [1.165, 1.54) is 0 Å². The van der Waals surface area contributed by atoms with Crippen LogP contribution in [-0.2, 0) is 6.54 Å². The topological polar surface area (TPSA) is 50.1 Å². The number of aliphatic hydroxyl groups excluding tert-OH is 1. The van der Waals surface area contributed by atoms with Gasteiger partial charge in [0.05, 0.1) is 13.2 Å². The number of rotatable bonds is 3. The Hall–Kier alpha value is -1.03. The highest BCUT2D eigenvalue weighted by atomic mass is 16.3. The van der Waals surface area contributed by atoms with Crippen molar-refractivity contribution in [2.75, 3.05) is 19.0 Å². The van der Waals surface area contributed by atoms with Crippen LogP contribution < -0.4 is 5.32 Å². The number of hydrogen-bond donors (Lipinski definition) is 2. The lowest BCUT2D eigenvalue weighted by Gasteiger charge is -1.94. The van der Waals surface area contributed by atoms with Gasteiger partial charge in [-0.25, -0.2) is 0 Å². The molecule has 0 aliphatic heterocycles. The third-order valence-corrected chi connectivity index (χ3v) is 1.23. The Kier molecular flexibility index (Phi) is 2.28. The van der Waals surface area contributed by atoms with Gasteiger partial charge in [-0.05, 0) is 0 Å². The standard InChI is InChI=1S/C6H11N3O/c1-7-6-2-3-9(8-6)4-5-10/h2-3,10H,4-5H2,1H3,(H,7,8). The van der Waals surface area contributed by atoms with Crippen LogP contribution in [0.3, 0.4) is 0 Å². The molecule has 56 valence electrons. The highest BCUT2D eigenvalue weighted by Crippen LogP contribution is 1.98. The molecule has 4 heteroatoms. The van der Waals surface area contributed by atoms with Gasteiger partial charge in [0.1, 0.15) is 5.82 Å². The van der Waals surface area contributed by atoms with Crippen molar-refractivity contribution < 1.29 is 5.11 Å². The first-order valence-electron chi connectivity index (χ1n) is 3.19. The minimum Gasteiger partial charge on any atom is -0.394 e. The van der Waals surface area contributed by atoms with Crippen LogP contribution in [0.15, 0.2) is 12.3 Å². The van der Waals surface area contributed by atoms with Crippen molar-refractivity contribution in [3.8, 4) is 0 Å². The van der Waals surface area contributed by atoms with Crippen LogP contribution in [0, 0.1) is 0 Å². The fourth-order valence-electron chi connectivity index (χ4n) is 0.722. The summed E-state index contributed by atoms with van der Waals surface area (Å²) in [4.78, 5) is 0. The molecule has 0 spiro atoms. The summed E-state index contributed by atoms with van der Waals surface area (Å²) in [5.74, 6) is 0.827. The average Bonchev–Trinajstić information content (AvgIpc) is 2.37. The lowest BCUT2D eigenvalue weighted by molar-refractivity contribution is 0.269. The van der Waals surface area contributed by atoms with E-state index in [4.69, 9.17) is 5.11 Å². The van der Waals surface area contributed by atoms with Crippen molar-refractivity contribution in [1.29, 1.82) is 0 Å². The van der Waals surface area contributed by atoms with Crippen molar-refractivity contribution >= 4 is 5.82 Å². The van der Waals surface area contributed by atoms with Crippen LogP contribution in [0.5, 0.6) is 0 Å². The summed E-state index contributed by atoms with van der Waals surface area (Å²) in [7, 11) is 1.81. The quantitative estimate of drug-likeness (QED) is 0.619. The number of aromatic nitrogens is 2. The number of nitrogens with zero attached hydrogens (tertiary/aromatic N) is 2. The molecule has 0 aliphatic rings. The SMILES string of the molecule is CNc1ccn(CCO)n1. The Morgan fingerprint density at radius 3 is 3.10 bits per heavy atom. The maximum atomic E-state index is 8.52. The van der Waals surface area contributed by atoms with Gasteiger partial charge >= 0.3 is 0 Å². The molecule has 4 nitrogen and oxygen atoms in total. The Labute approximate surface area is 59.5 Å². The van der Waals surface area contributed by atoms with Gasteiger partial charge in [0, 0.05) is 19.3 Å². The van der Waals surface area contributed by atoms with E-state index < -0.39 is 0 Å². The molecule has 0 unspecified atom stereocenters. The molecular weight excluding hydrogens is 130 g/mol. The molecule has 2 N–H and O–H groups in total. The number of hydrogen-bond acceptors (Lipinski definition) is 3. The van der Waals surface area contributed by atoms with Crippen LogP contribution in [0.25, 0.3) is 0 Å². The number of nitrogens with one attached hydrogen (secondary N) is 1. The van der Waals surface area contributed by atoms with E-state index >= 15 is 0 Å². The van der Waals surface area contributed by atoms with Gasteiger partial charge < -0.3 is 10.4 Å². The molecule has 1 rings (SSSR count). The van der Waals surface area contributed by atoms with Crippen LogP contribution >= 0.6 is 0 Å². The van der Waals surface area contributed by atoms with E-state index in [-0.39, 0.29) is 6.61 Å². The van der Waals surface area contributed by atoms with Crippen molar-refractivity contribution in [2.24, 2.45) is 0 Å². The zero-order chi connectivity index (χ0) is 7.40. The van der Waals surface area contributed by atoms with Gasteiger partial charge in [-0.3, -0.25) is 4.68 Å². The molecule has 0 aromatic carbocycles. The number of aliphatic hydroxyl groups is 1. The monoisotopic (exact) mass is 141 g/mol. The summed E-state index contributed by atoms with van der Waals surface area (Å²) < 4.78 is 1.69. The number of anilines is 1. The Morgan fingerprint density at radius 2 is 2.60 bits per heavy atom. The molecule has 0 radical (unpaired) electrons. The molecular formula is C6H11N3O. The predicted molar refractivity (Wildman–Crippen MR) is 38.9 cm³/mol. The van der Waals surface area contributed by atoms with Crippen molar-refractivity contribution in [2.45, 2.75) is 6.54 Å². The lowest BCUT2D eigenvalue weighted by atomic mass is 10.6. The van der Waals surface area contributed by atoms with E-state index in [1.807, 2.05) is 19.3 Å². The second kappa shape index (κ2) is 3.22. The Morgan fingerprint density at radius 1 is 1.80 bits per heavy atom. The maximum Gasteiger partial charge on any atom is 0.147 e. The van der Waals surface area contributed by atoms with Gasteiger partial charge in [-0.1, -0.05) is 0 Å². The third kappa shape index (κ3) is 1.48. The Bertz CT molecular complexity index is 197. The van der Waals surface area contributed by atoms with Crippen LogP contribution in [-0.4, -0.2) is 28.5 Å². The Balaban J connectivity index is 2.59. The minimum atomic E-state index is 0.130. The highest BCUT2D eigenvalue weighted by Gasteiger charge is 1.92. The van der Waals surface area contributed by atoms with Gasteiger partial charge in [0.2, 0.25) is 0 Å². The highest BCUT2D eigenvalue weighted by molar-refractivity contribution is 5.30. The first-order chi connectivity index (χ1) is 4.86. The van der Waals surface area contributed by atoms with E-state index in [0.29, 0.717) is 6.54 Å². The smallest absolute Gasteiger partial charge is 0.147 e. The van der Waals surface area contributed by atoms with Crippen molar-refractivity contribution in [3.63, 3.8) is 0 Å². The summed E-state index contributed by atoms with van der Waals surface area (Å²) in [6.45, 7) is 0.687. The van der Waals surface area contributed by atoms with E-state index in [9.17, 15) is 0 Å². The first kappa shape index (κ1) is 7.08. The molecule has 0 saturated heterocycles. The summed E-state index contributed by atoms with van der Waals surface area (Å²) in [5, 5.41) is 15.5. The van der Waals surface area contributed by atoms with Crippen molar-refractivity contribution in [3.05, 3.63) is 12.3 Å². The largest absolute Gasteiger partial charge is 0.394 e. The van der Waals surface area contributed by atoms with E-state index in [2.05, 4.69) is 10.4 Å². The van der Waals surface area contributed by atoms with Crippen LogP contribution in [0.4, 0.5) is 5.82 Å². The van der Waals surface area contributed by atoms with Gasteiger partial charge in [0.25, 0.3) is 0 Å². The average molecular weight is 141 g/mol. The van der Waals surface area contributed by atoms with Crippen LogP contribution in [0.2, 0.25) is 0 Å². The normalized spacial score (nSPS) is 9.80. The van der Waals surface area contributed by atoms with Gasteiger partial charge in [-0.2, -0.15) is 5.10 Å². The zero-order valence-corrected chi connectivity index (χ0v) is 5.91. The van der Waals surface area contributed by atoms with Crippen molar-refractivity contribution in [1.82, 2.24) is 9.78 Å². The maximum absolute atomic E-state index is 8.52. The molecule has 1 aromatic rings. The molecule has 1 heterocycles. The van der Waals surface area contributed by atoms with E-state index in [1.54, 1.807) is 4.68 Å². The molecule has 10 heavy (non-hydrogen) atoms. The van der Waals surface area contributed by atoms with Gasteiger partial charge in [0.15, 0.2) is 0 Å². The molecule has 1 aromatic heterocycles. The predicted octanol–water partition coefficient (Wildman–Crippen LogP) is -0.0829. The second-order valence-electron chi connectivity index (χ2n) is 1.94. The zero-order valence-electron chi connectivity index (χ0n) is 5.91. The molecule has 0 bridgehead atoms. The molecule has 0 saturated carbocycles. The van der Waals surface area contributed by atoms with E-state index in [0.717, 1.165) is 5.82 Å². The summed E-state index contributed by atoms with van der Waals surface area (Å²) in [6, 6.07) is 1.86. The summed E-state index contributed by atoms with van der Waals surface area (Å²) in [6.07, 6.45) is 1.82. The molecule has 0 fully saturated rings. The molecule has 0 amide bonds. The van der Waals surface area contributed by atoms with Crippen LogP contribution in [0.1, 0.15) is 0 Å². The third-order valence-electron chi connectivity index (χ3n) is 1.23. The second-order valence-corrected chi connectivity index (χ2v) is 1.94. The summed E-state index contributed by atoms with van der Waals surface area (Å²) >= 11 is 0. The molecule has 0 atom stereocenters. The minimum absolute atomic E-state index is 0.130. The summed E-state index contributed by atoms with van der Waals surface area (Å²) in [5.41, 5.74) is 0. The lowest BCUT2D eigenvalue weighted by Crippen LogP contribution is -2.02. The fourth-order valence-corrected chi connectivity index (χ4v) is 0.722. The first-order valence-corrected chi connectivity index (χ1v) is 3.19.